The van der Waals surface area contributed by atoms with Crippen LogP contribution in [0.15, 0.2) is 6.07 Å². The number of anilines is 1. The highest BCUT2D eigenvalue weighted by Crippen LogP contribution is 2.10. The number of nitrogens with zero attached hydrogens (tertiary/aromatic N) is 2. The van der Waals surface area contributed by atoms with Crippen molar-refractivity contribution in [1.29, 1.82) is 0 Å². The van der Waals surface area contributed by atoms with Crippen LogP contribution in [0, 0.1) is 0 Å². The molecule has 0 bridgehead atoms. The second-order valence-corrected chi connectivity index (χ2v) is 3.56. The van der Waals surface area contributed by atoms with E-state index in [2.05, 4.69) is 20.6 Å². The topological polar surface area (TPSA) is 66.9 Å². The Hall–Kier alpha value is -1.36. The number of halogens is 1. The zero-order valence-electron chi connectivity index (χ0n) is 9.16. The third-order valence-electron chi connectivity index (χ3n) is 2.00. The average molecular weight is 243 g/mol. The molecule has 0 radical (unpaired) electrons. The van der Waals surface area contributed by atoms with Crippen LogP contribution in [-0.2, 0) is 11.2 Å². The highest BCUT2D eigenvalue weighted by Gasteiger charge is 2.00. The van der Waals surface area contributed by atoms with Crippen molar-refractivity contribution in [2.75, 3.05) is 18.4 Å². The Morgan fingerprint density at radius 3 is 2.94 bits per heavy atom. The summed E-state index contributed by atoms with van der Waals surface area (Å²) in [6, 6.07) is 1.87. The lowest BCUT2D eigenvalue weighted by atomic mass is 10.3. The first-order valence-corrected chi connectivity index (χ1v) is 5.58. The Labute approximate surface area is 99.6 Å². The molecule has 0 saturated carbocycles. The molecule has 88 valence electrons. The van der Waals surface area contributed by atoms with Crippen molar-refractivity contribution in [2.45, 2.75) is 19.8 Å². The predicted octanol–water partition coefficient (Wildman–Crippen LogP) is 1.24. The van der Waals surface area contributed by atoms with Gasteiger partial charge in [-0.1, -0.05) is 6.92 Å². The van der Waals surface area contributed by atoms with E-state index >= 15 is 0 Å². The van der Waals surface area contributed by atoms with Crippen LogP contribution in [0.5, 0.6) is 0 Å². The van der Waals surface area contributed by atoms with Gasteiger partial charge in [0.15, 0.2) is 0 Å². The van der Waals surface area contributed by atoms with Gasteiger partial charge in [0, 0.05) is 24.8 Å². The average Bonchev–Trinajstić information content (AvgIpc) is 2.28. The van der Waals surface area contributed by atoms with E-state index in [0.29, 0.717) is 13.0 Å². The smallest absolute Gasteiger partial charge is 0.224 e. The van der Waals surface area contributed by atoms with Gasteiger partial charge in [0.1, 0.15) is 5.82 Å². The highest BCUT2D eigenvalue weighted by molar-refractivity contribution is 6.28. The molecule has 0 aliphatic carbocycles. The maximum absolute atomic E-state index is 10.00. The number of hydrogen-bond donors (Lipinski definition) is 2. The lowest BCUT2D eigenvalue weighted by Gasteiger charge is -2.06. The second kappa shape index (κ2) is 7.00. The van der Waals surface area contributed by atoms with Crippen LogP contribution in [0.25, 0.3) is 0 Å². The first kappa shape index (κ1) is 12.7. The maximum Gasteiger partial charge on any atom is 0.224 e. The van der Waals surface area contributed by atoms with Gasteiger partial charge in [-0.05, 0) is 24.4 Å². The van der Waals surface area contributed by atoms with Crippen LogP contribution in [0.1, 0.15) is 19.0 Å². The molecule has 1 amide bonds. The second-order valence-electron chi connectivity index (χ2n) is 3.22. The van der Waals surface area contributed by atoms with E-state index in [1.807, 2.05) is 13.0 Å². The molecule has 6 heteroatoms. The molecule has 1 rings (SSSR count). The van der Waals surface area contributed by atoms with Crippen LogP contribution in [0.4, 0.5) is 5.82 Å². The molecular formula is C10H15ClN4O. The predicted molar refractivity (Wildman–Crippen MR) is 63.6 cm³/mol. The molecule has 1 heterocycles. The van der Waals surface area contributed by atoms with Gasteiger partial charge < -0.3 is 10.6 Å². The van der Waals surface area contributed by atoms with Gasteiger partial charge >= 0.3 is 0 Å². The number of aromatic nitrogens is 2. The van der Waals surface area contributed by atoms with E-state index in [0.717, 1.165) is 30.9 Å². The normalized spacial score (nSPS) is 9.88. The Balaban J connectivity index is 2.41. The summed E-state index contributed by atoms with van der Waals surface area (Å²) in [5, 5.41) is 5.97. The Bertz CT molecular complexity index is 346. The minimum absolute atomic E-state index is 0.257. The molecule has 0 aliphatic rings. The molecule has 1 aromatic heterocycles. The Morgan fingerprint density at radius 1 is 1.44 bits per heavy atom. The molecule has 0 fully saturated rings. The molecule has 16 heavy (non-hydrogen) atoms. The third kappa shape index (κ3) is 4.44. The summed E-state index contributed by atoms with van der Waals surface area (Å²) in [4.78, 5) is 18.1. The van der Waals surface area contributed by atoms with Crippen LogP contribution in [0.2, 0.25) is 5.28 Å². The maximum atomic E-state index is 10.00. The van der Waals surface area contributed by atoms with Gasteiger partial charge in [-0.15, -0.1) is 0 Å². The SMILES string of the molecule is CCc1cc(NCCCNC=O)nc(Cl)n1. The minimum atomic E-state index is 0.257. The zero-order chi connectivity index (χ0) is 11.8. The Morgan fingerprint density at radius 2 is 2.25 bits per heavy atom. The lowest BCUT2D eigenvalue weighted by molar-refractivity contribution is -0.109. The van der Waals surface area contributed by atoms with Crippen molar-refractivity contribution in [3.8, 4) is 0 Å². The minimum Gasteiger partial charge on any atom is -0.370 e. The van der Waals surface area contributed by atoms with E-state index in [9.17, 15) is 4.79 Å². The van der Waals surface area contributed by atoms with Gasteiger partial charge in [-0.25, -0.2) is 9.97 Å². The zero-order valence-corrected chi connectivity index (χ0v) is 9.92. The summed E-state index contributed by atoms with van der Waals surface area (Å²) in [6.45, 7) is 3.39. The molecule has 0 unspecified atom stereocenters. The largest absolute Gasteiger partial charge is 0.370 e. The quantitative estimate of drug-likeness (QED) is 0.429. The fourth-order valence-corrected chi connectivity index (χ4v) is 1.40. The van der Waals surface area contributed by atoms with Crippen molar-refractivity contribution in [2.24, 2.45) is 0 Å². The van der Waals surface area contributed by atoms with E-state index in [1.54, 1.807) is 0 Å². The van der Waals surface area contributed by atoms with E-state index < -0.39 is 0 Å². The van der Waals surface area contributed by atoms with E-state index in [4.69, 9.17) is 11.6 Å². The molecule has 5 nitrogen and oxygen atoms in total. The van der Waals surface area contributed by atoms with Gasteiger partial charge in [-0.2, -0.15) is 0 Å². The number of rotatable bonds is 7. The number of carbonyl (C=O) groups is 1. The van der Waals surface area contributed by atoms with E-state index in [-0.39, 0.29) is 5.28 Å². The van der Waals surface area contributed by atoms with Crippen molar-refractivity contribution in [3.63, 3.8) is 0 Å². The van der Waals surface area contributed by atoms with Crippen LogP contribution < -0.4 is 10.6 Å². The van der Waals surface area contributed by atoms with Crippen molar-refractivity contribution in [1.82, 2.24) is 15.3 Å². The molecule has 1 aromatic rings. The number of nitrogens with one attached hydrogen (secondary N) is 2. The fraction of sp³-hybridized carbons (Fsp3) is 0.500. The van der Waals surface area contributed by atoms with Crippen LogP contribution >= 0.6 is 11.6 Å². The Kier molecular flexibility index (Phi) is 5.56. The standard InChI is InChI=1S/C10H15ClN4O/c1-2-8-6-9(15-10(11)14-8)13-5-3-4-12-7-16/h6-7H,2-5H2,1H3,(H,12,16)(H,13,14,15). The van der Waals surface area contributed by atoms with Crippen molar-refractivity contribution in [3.05, 3.63) is 17.0 Å². The summed E-state index contributed by atoms with van der Waals surface area (Å²) >= 11 is 5.77. The monoisotopic (exact) mass is 242 g/mol. The molecule has 0 saturated heterocycles. The van der Waals surface area contributed by atoms with Gasteiger partial charge in [0.25, 0.3) is 0 Å². The summed E-state index contributed by atoms with van der Waals surface area (Å²) in [7, 11) is 0. The first-order chi connectivity index (χ1) is 7.76. The van der Waals surface area contributed by atoms with Crippen molar-refractivity contribution < 1.29 is 4.79 Å². The van der Waals surface area contributed by atoms with Gasteiger partial charge in [-0.3, -0.25) is 4.79 Å². The number of aryl methyl sites for hydroxylation is 1. The van der Waals surface area contributed by atoms with Crippen LogP contribution in [-0.4, -0.2) is 29.5 Å². The third-order valence-corrected chi connectivity index (χ3v) is 2.17. The van der Waals surface area contributed by atoms with Crippen LogP contribution in [0.3, 0.4) is 0 Å². The lowest BCUT2D eigenvalue weighted by Crippen LogP contribution is -2.16. The molecular weight excluding hydrogens is 228 g/mol. The number of hydrogen-bond acceptors (Lipinski definition) is 4. The van der Waals surface area contributed by atoms with Crippen molar-refractivity contribution >= 4 is 23.8 Å². The highest BCUT2D eigenvalue weighted by atomic mass is 35.5. The molecule has 0 atom stereocenters. The van der Waals surface area contributed by atoms with E-state index in [1.165, 1.54) is 0 Å². The summed E-state index contributed by atoms with van der Waals surface area (Å²) in [6.07, 6.45) is 2.35. The summed E-state index contributed by atoms with van der Waals surface area (Å²) < 4.78 is 0. The first-order valence-electron chi connectivity index (χ1n) is 5.20. The summed E-state index contributed by atoms with van der Waals surface area (Å²) in [5.74, 6) is 0.725. The molecule has 0 spiro atoms. The summed E-state index contributed by atoms with van der Waals surface area (Å²) in [5.41, 5.74) is 0.911. The molecule has 0 aliphatic heterocycles. The number of amides is 1. The number of carbonyl (C=O) groups excluding carboxylic acids is 1. The van der Waals surface area contributed by atoms with Gasteiger partial charge in [0.2, 0.25) is 11.7 Å². The van der Waals surface area contributed by atoms with Gasteiger partial charge in [0.05, 0.1) is 0 Å². The molecule has 0 aromatic carbocycles. The molecule has 2 N–H and O–H groups in total. The fourth-order valence-electron chi connectivity index (χ4n) is 1.20.